The lowest BCUT2D eigenvalue weighted by molar-refractivity contribution is 0.240. The van der Waals surface area contributed by atoms with E-state index in [0.717, 1.165) is 0 Å². The van der Waals surface area contributed by atoms with E-state index < -0.39 is 0 Å². The molecule has 0 aliphatic heterocycles. The van der Waals surface area contributed by atoms with Gasteiger partial charge in [0.15, 0.2) is 0 Å². The summed E-state index contributed by atoms with van der Waals surface area (Å²) in [5.74, 6) is 5.33. The average molecular weight is 96.1 g/mol. The molecule has 7 heavy (non-hydrogen) atoms. The van der Waals surface area contributed by atoms with Crippen LogP contribution in [-0.2, 0) is 4.74 Å². The van der Waals surface area contributed by atoms with Crippen molar-refractivity contribution < 1.29 is 4.74 Å². The molecular weight excluding hydrogens is 88.1 g/mol. The van der Waals surface area contributed by atoms with Crippen LogP contribution in [0.5, 0.6) is 0 Å². The van der Waals surface area contributed by atoms with E-state index in [1.807, 2.05) is 0 Å². The van der Waals surface area contributed by atoms with Crippen LogP contribution in [-0.4, -0.2) is 13.7 Å². The molecule has 0 saturated carbocycles. The van der Waals surface area contributed by atoms with E-state index in [1.54, 1.807) is 13.2 Å². The highest BCUT2D eigenvalue weighted by molar-refractivity contribution is 5.11. The summed E-state index contributed by atoms with van der Waals surface area (Å²) >= 11 is 0. The van der Waals surface area contributed by atoms with Gasteiger partial charge >= 0.3 is 0 Å². The fraction of sp³-hybridized carbons (Fsp3) is 0.333. The van der Waals surface area contributed by atoms with Crippen LogP contribution in [0.4, 0.5) is 0 Å². The molecule has 0 rings (SSSR count). The van der Waals surface area contributed by atoms with Crippen LogP contribution < -0.4 is 0 Å². The summed E-state index contributed by atoms with van der Waals surface area (Å²) in [5.41, 5.74) is 0. The van der Waals surface area contributed by atoms with Gasteiger partial charge in [0.2, 0.25) is 0 Å². The highest BCUT2D eigenvalue weighted by Crippen LogP contribution is 1.60. The van der Waals surface area contributed by atoms with Gasteiger partial charge in [-0.15, -0.1) is 0 Å². The summed E-state index contributed by atoms with van der Waals surface area (Å²) in [4.78, 5) is 0. The Morgan fingerprint density at radius 1 is 1.86 bits per heavy atom. The summed E-state index contributed by atoms with van der Waals surface area (Å²) in [7, 11) is 1.61. The molecule has 0 aromatic rings. The third-order valence-electron chi connectivity index (χ3n) is 0.421. The van der Waals surface area contributed by atoms with Crippen LogP contribution >= 0.6 is 0 Å². The molecule has 0 aliphatic carbocycles. The zero-order chi connectivity index (χ0) is 5.54. The number of ether oxygens (including phenoxy) is 1. The number of hydrogen-bond acceptors (Lipinski definition) is 1. The number of allylic oxidation sites excluding steroid dienone is 1. The maximum atomic E-state index is 4.62. The SMILES string of the molecule is C=CC#CCOC. The second-order valence-electron chi connectivity index (χ2n) is 0.958. The Bertz CT molecular complexity index is 94.5. The van der Waals surface area contributed by atoms with Crippen molar-refractivity contribution in [1.29, 1.82) is 0 Å². The molecule has 38 valence electrons. The highest BCUT2D eigenvalue weighted by Gasteiger charge is 1.61. The second-order valence-corrected chi connectivity index (χ2v) is 0.958. The quantitative estimate of drug-likeness (QED) is 0.439. The molecule has 0 N–H and O–H groups in total. The molecule has 0 heterocycles. The molecule has 0 bridgehead atoms. The molecule has 1 heteroatoms. The van der Waals surface area contributed by atoms with Gasteiger partial charge in [0, 0.05) is 7.11 Å². The minimum Gasteiger partial charge on any atom is -0.372 e. The van der Waals surface area contributed by atoms with Crippen LogP contribution in [0.25, 0.3) is 0 Å². The normalized spacial score (nSPS) is 6.43. The Hall–Kier alpha value is -0.740. The summed E-state index contributed by atoms with van der Waals surface area (Å²) in [6.07, 6.45) is 1.54. The third-order valence-corrected chi connectivity index (χ3v) is 0.421. The summed E-state index contributed by atoms with van der Waals surface area (Å²) < 4.78 is 4.62. The summed E-state index contributed by atoms with van der Waals surface area (Å²) in [6.45, 7) is 3.90. The minimum atomic E-state index is 0.492. The predicted molar refractivity (Wildman–Crippen MR) is 29.8 cm³/mol. The van der Waals surface area contributed by atoms with Crippen molar-refractivity contribution in [1.82, 2.24) is 0 Å². The van der Waals surface area contributed by atoms with Gasteiger partial charge in [0.1, 0.15) is 6.61 Å². The predicted octanol–water partition coefficient (Wildman–Crippen LogP) is 0.822. The zero-order valence-corrected chi connectivity index (χ0v) is 4.40. The average Bonchev–Trinajstić information content (AvgIpc) is 1.69. The van der Waals surface area contributed by atoms with Gasteiger partial charge in [-0.25, -0.2) is 0 Å². The number of methoxy groups -OCH3 is 1. The first kappa shape index (κ1) is 6.26. The zero-order valence-electron chi connectivity index (χ0n) is 4.40. The van der Waals surface area contributed by atoms with Crippen LogP contribution in [0, 0.1) is 11.8 Å². The Morgan fingerprint density at radius 2 is 2.57 bits per heavy atom. The molecule has 0 aromatic carbocycles. The van der Waals surface area contributed by atoms with Gasteiger partial charge in [-0.05, 0) is 6.08 Å². The lowest BCUT2D eigenvalue weighted by Crippen LogP contribution is -1.79. The number of hydrogen-bond donors (Lipinski definition) is 0. The molecule has 0 unspecified atom stereocenters. The first-order valence-electron chi connectivity index (χ1n) is 2.00. The maximum Gasteiger partial charge on any atom is 0.107 e. The molecule has 0 amide bonds. The number of rotatable bonds is 1. The maximum absolute atomic E-state index is 4.62. The van der Waals surface area contributed by atoms with Crippen LogP contribution in [0.15, 0.2) is 12.7 Å². The Kier molecular flexibility index (Phi) is 4.70. The molecular formula is C6H8O. The summed E-state index contributed by atoms with van der Waals surface area (Å²) in [6, 6.07) is 0. The van der Waals surface area contributed by atoms with Crippen molar-refractivity contribution in [2.45, 2.75) is 0 Å². The first-order valence-corrected chi connectivity index (χ1v) is 2.00. The molecule has 0 saturated heterocycles. The minimum absolute atomic E-state index is 0.492. The van der Waals surface area contributed by atoms with Crippen molar-refractivity contribution >= 4 is 0 Å². The molecule has 0 atom stereocenters. The second kappa shape index (κ2) is 5.26. The Labute approximate surface area is 44.0 Å². The first-order chi connectivity index (χ1) is 3.41. The smallest absolute Gasteiger partial charge is 0.107 e. The van der Waals surface area contributed by atoms with E-state index in [1.165, 1.54) is 0 Å². The van der Waals surface area contributed by atoms with Crippen molar-refractivity contribution in [3.63, 3.8) is 0 Å². The van der Waals surface area contributed by atoms with Gasteiger partial charge in [0.25, 0.3) is 0 Å². The van der Waals surface area contributed by atoms with Gasteiger partial charge in [0.05, 0.1) is 0 Å². The fourth-order valence-corrected chi connectivity index (χ4v) is 0.186. The van der Waals surface area contributed by atoms with E-state index in [2.05, 4.69) is 23.2 Å². The lowest BCUT2D eigenvalue weighted by Gasteiger charge is -1.78. The van der Waals surface area contributed by atoms with Gasteiger partial charge in [-0.1, -0.05) is 18.4 Å². The van der Waals surface area contributed by atoms with E-state index in [0.29, 0.717) is 6.61 Å². The standard InChI is InChI=1S/C6H8O/c1-3-4-5-6-7-2/h3H,1,6H2,2H3. The largest absolute Gasteiger partial charge is 0.372 e. The third kappa shape index (κ3) is 5.26. The van der Waals surface area contributed by atoms with Crippen LogP contribution in [0.2, 0.25) is 0 Å². The molecule has 0 radical (unpaired) electrons. The molecule has 0 aromatic heterocycles. The fourth-order valence-electron chi connectivity index (χ4n) is 0.186. The van der Waals surface area contributed by atoms with Gasteiger partial charge < -0.3 is 4.74 Å². The summed E-state index contributed by atoms with van der Waals surface area (Å²) in [5, 5.41) is 0. The monoisotopic (exact) mass is 96.1 g/mol. The Morgan fingerprint density at radius 3 is 3.00 bits per heavy atom. The Balaban J connectivity index is 3.07. The van der Waals surface area contributed by atoms with E-state index in [4.69, 9.17) is 0 Å². The van der Waals surface area contributed by atoms with Crippen molar-refractivity contribution in [2.24, 2.45) is 0 Å². The molecule has 0 fully saturated rings. The van der Waals surface area contributed by atoms with Gasteiger partial charge in [-0.2, -0.15) is 0 Å². The molecule has 0 aliphatic rings. The van der Waals surface area contributed by atoms with E-state index >= 15 is 0 Å². The lowest BCUT2D eigenvalue weighted by atomic mass is 10.6. The highest BCUT2D eigenvalue weighted by atomic mass is 16.5. The van der Waals surface area contributed by atoms with Crippen molar-refractivity contribution in [3.05, 3.63) is 12.7 Å². The van der Waals surface area contributed by atoms with Crippen molar-refractivity contribution in [2.75, 3.05) is 13.7 Å². The van der Waals surface area contributed by atoms with E-state index in [-0.39, 0.29) is 0 Å². The molecule has 0 spiro atoms. The van der Waals surface area contributed by atoms with Crippen LogP contribution in [0.1, 0.15) is 0 Å². The van der Waals surface area contributed by atoms with Gasteiger partial charge in [-0.3, -0.25) is 0 Å². The van der Waals surface area contributed by atoms with Crippen molar-refractivity contribution in [3.8, 4) is 11.8 Å². The molecule has 1 nitrogen and oxygen atoms in total. The van der Waals surface area contributed by atoms with Crippen LogP contribution in [0.3, 0.4) is 0 Å². The van der Waals surface area contributed by atoms with E-state index in [9.17, 15) is 0 Å². The topological polar surface area (TPSA) is 9.23 Å².